The number of amides is 1. The zero-order valence-electron chi connectivity index (χ0n) is 14.3. The molecule has 1 atom stereocenters. The first-order valence-electron chi connectivity index (χ1n) is 8.65. The number of halogens is 1. The highest BCUT2D eigenvalue weighted by Crippen LogP contribution is 2.34. The summed E-state index contributed by atoms with van der Waals surface area (Å²) >= 11 is 6.01. The summed E-state index contributed by atoms with van der Waals surface area (Å²) in [5.41, 5.74) is 1.95. The van der Waals surface area contributed by atoms with E-state index in [4.69, 9.17) is 20.6 Å². The predicted octanol–water partition coefficient (Wildman–Crippen LogP) is 4.52. The molecule has 134 valence electrons. The lowest BCUT2D eigenvalue weighted by molar-refractivity contribution is 0.0704. The van der Waals surface area contributed by atoms with Gasteiger partial charge in [0, 0.05) is 29.3 Å². The lowest BCUT2D eigenvalue weighted by atomic mass is 10.1. The molecule has 1 saturated heterocycles. The molecule has 0 saturated carbocycles. The minimum atomic E-state index is -0.168. The molecule has 1 aromatic carbocycles. The van der Waals surface area contributed by atoms with Gasteiger partial charge >= 0.3 is 0 Å². The third-order valence-electron chi connectivity index (χ3n) is 4.62. The molecule has 26 heavy (non-hydrogen) atoms. The summed E-state index contributed by atoms with van der Waals surface area (Å²) in [5, 5.41) is 8.60. The van der Waals surface area contributed by atoms with Gasteiger partial charge in [-0.3, -0.25) is 4.79 Å². The van der Waals surface area contributed by atoms with Crippen molar-refractivity contribution < 1.29 is 13.8 Å². The van der Waals surface area contributed by atoms with Crippen LogP contribution in [0.25, 0.3) is 11.3 Å². The Hall–Kier alpha value is -2.60. The van der Waals surface area contributed by atoms with E-state index in [2.05, 4.69) is 10.3 Å². The fourth-order valence-corrected chi connectivity index (χ4v) is 3.45. The quantitative estimate of drug-likeness (QED) is 0.674. The average molecular weight is 372 g/mol. The second-order valence-electron chi connectivity index (χ2n) is 6.32. The van der Waals surface area contributed by atoms with Gasteiger partial charge in [0.15, 0.2) is 17.2 Å². The molecule has 0 N–H and O–H groups in total. The fraction of sp³-hybridized carbons (Fsp3) is 0.316. The van der Waals surface area contributed by atoms with Crippen molar-refractivity contribution in [2.45, 2.75) is 32.2 Å². The number of rotatable bonds is 4. The van der Waals surface area contributed by atoms with Crippen molar-refractivity contribution in [1.82, 2.24) is 15.2 Å². The van der Waals surface area contributed by atoms with E-state index in [1.807, 2.05) is 25.1 Å². The van der Waals surface area contributed by atoms with E-state index in [1.165, 1.54) is 0 Å². The van der Waals surface area contributed by atoms with Crippen LogP contribution in [0.4, 0.5) is 0 Å². The van der Waals surface area contributed by atoms with Gasteiger partial charge in [-0.05, 0) is 31.4 Å². The Bertz CT molecular complexity index is 934. The molecule has 0 spiro atoms. The number of aromatic nitrogens is 2. The molecule has 1 aliphatic heterocycles. The molecular formula is C19H18ClN3O3. The van der Waals surface area contributed by atoms with Gasteiger partial charge in [0.1, 0.15) is 0 Å². The fourth-order valence-electron chi connectivity index (χ4n) is 3.26. The summed E-state index contributed by atoms with van der Waals surface area (Å²) in [4.78, 5) is 14.7. The lowest BCUT2D eigenvalue weighted by Gasteiger charge is -2.21. The van der Waals surface area contributed by atoms with Crippen molar-refractivity contribution >= 4 is 17.5 Å². The van der Waals surface area contributed by atoms with Crippen molar-refractivity contribution in [3.8, 4) is 11.3 Å². The van der Waals surface area contributed by atoms with E-state index in [0.29, 0.717) is 17.3 Å². The Morgan fingerprint density at radius 2 is 2.15 bits per heavy atom. The summed E-state index contributed by atoms with van der Waals surface area (Å²) in [6.45, 7) is 2.68. The van der Waals surface area contributed by atoms with Crippen molar-refractivity contribution in [3.63, 3.8) is 0 Å². The number of aryl methyl sites for hydroxylation is 1. The SMILES string of the molecule is CCc1cc([C@H]2CCCN2C(=O)c2cc(-c3cccc(Cl)c3)on2)on1. The van der Waals surface area contributed by atoms with Gasteiger partial charge in [-0.2, -0.15) is 0 Å². The van der Waals surface area contributed by atoms with Gasteiger partial charge in [0.2, 0.25) is 0 Å². The number of carbonyl (C=O) groups excluding carboxylic acids is 1. The first-order chi connectivity index (χ1) is 12.7. The van der Waals surface area contributed by atoms with Gasteiger partial charge in [-0.1, -0.05) is 41.0 Å². The maximum atomic E-state index is 12.9. The van der Waals surface area contributed by atoms with E-state index in [-0.39, 0.29) is 17.6 Å². The van der Waals surface area contributed by atoms with Crippen LogP contribution in [0.5, 0.6) is 0 Å². The smallest absolute Gasteiger partial charge is 0.276 e. The normalized spacial score (nSPS) is 17.0. The molecule has 6 nitrogen and oxygen atoms in total. The van der Waals surface area contributed by atoms with Crippen LogP contribution >= 0.6 is 11.6 Å². The van der Waals surface area contributed by atoms with Crippen LogP contribution in [0.2, 0.25) is 5.02 Å². The number of nitrogens with zero attached hydrogens (tertiary/aromatic N) is 3. The first kappa shape index (κ1) is 16.8. The monoisotopic (exact) mass is 371 g/mol. The van der Waals surface area contributed by atoms with Crippen molar-refractivity contribution in [2.75, 3.05) is 6.54 Å². The van der Waals surface area contributed by atoms with Crippen molar-refractivity contribution in [3.05, 3.63) is 58.6 Å². The largest absolute Gasteiger partial charge is 0.359 e. The predicted molar refractivity (Wildman–Crippen MR) is 95.8 cm³/mol. The molecule has 0 bridgehead atoms. The Kier molecular flexibility index (Phi) is 4.51. The number of benzene rings is 1. The van der Waals surface area contributed by atoms with Crippen molar-refractivity contribution in [1.29, 1.82) is 0 Å². The molecule has 3 aromatic rings. The zero-order chi connectivity index (χ0) is 18.1. The lowest BCUT2D eigenvalue weighted by Crippen LogP contribution is -2.30. The highest BCUT2D eigenvalue weighted by molar-refractivity contribution is 6.30. The molecule has 0 aliphatic carbocycles. The highest BCUT2D eigenvalue weighted by Gasteiger charge is 2.34. The highest BCUT2D eigenvalue weighted by atomic mass is 35.5. The summed E-state index contributed by atoms with van der Waals surface area (Å²) in [7, 11) is 0. The molecule has 4 rings (SSSR count). The standard InChI is InChI=1S/C19H18ClN3O3/c1-2-14-10-18(26-21-14)16-7-4-8-23(16)19(24)15-11-17(25-22-15)12-5-3-6-13(20)9-12/h3,5-6,9-11,16H,2,4,7-8H2,1H3/t16-/m1/s1. The van der Waals surface area contributed by atoms with Crippen LogP contribution in [0.3, 0.4) is 0 Å². The molecule has 0 radical (unpaired) electrons. The average Bonchev–Trinajstić information content (AvgIpc) is 3.40. The molecular weight excluding hydrogens is 354 g/mol. The summed E-state index contributed by atoms with van der Waals surface area (Å²) < 4.78 is 10.8. The maximum Gasteiger partial charge on any atom is 0.276 e. The summed E-state index contributed by atoms with van der Waals surface area (Å²) in [5.74, 6) is 1.07. The number of hydrogen-bond acceptors (Lipinski definition) is 5. The molecule has 7 heteroatoms. The van der Waals surface area contributed by atoms with Crippen LogP contribution in [0.1, 0.15) is 47.7 Å². The van der Waals surface area contributed by atoms with Gasteiger partial charge in [0.25, 0.3) is 5.91 Å². The molecule has 0 unspecified atom stereocenters. The molecule has 3 heterocycles. The maximum absolute atomic E-state index is 12.9. The Morgan fingerprint density at radius 3 is 2.92 bits per heavy atom. The summed E-state index contributed by atoms with van der Waals surface area (Å²) in [6.07, 6.45) is 2.57. The minimum Gasteiger partial charge on any atom is -0.359 e. The van der Waals surface area contributed by atoms with E-state index >= 15 is 0 Å². The van der Waals surface area contributed by atoms with Crippen LogP contribution < -0.4 is 0 Å². The molecule has 1 amide bonds. The minimum absolute atomic E-state index is 0.110. The van der Waals surface area contributed by atoms with E-state index in [1.54, 1.807) is 23.1 Å². The third kappa shape index (κ3) is 3.12. The molecule has 1 fully saturated rings. The van der Waals surface area contributed by atoms with E-state index in [0.717, 1.165) is 36.3 Å². The third-order valence-corrected chi connectivity index (χ3v) is 4.86. The zero-order valence-corrected chi connectivity index (χ0v) is 15.1. The number of carbonyl (C=O) groups is 1. The topological polar surface area (TPSA) is 72.4 Å². The Balaban J connectivity index is 1.57. The van der Waals surface area contributed by atoms with E-state index < -0.39 is 0 Å². The molecule has 1 aliphatic rings. The second-order valence-corrected chi connectivity index (χ2v) is 6.75. The van der Waals surface area contributed by atoms with Crippen LogP contribution in [0.15, 0.2) is 45.4 Å². The van der Waals surface area contributed by atoms with Gasteiger partial charge < -0.3 is 13.9 Å². The Morgan fingerprint density at radius 1 is 1.27 bits per heavy atom. The van der Waals surface area contributed by atoms with Crippen LogP contribution in [-0.4, -0.2) is 27.7 Å². The van der Waals surface area contributed by atoms with Crippen LogP contribution in [-0.2, 0) is 6.42 Å². The second kappa shape index (κ2) is 6.96. The van der Waals surface area contributed by atoms with Crippen LogP contribution in [0, 0.1) is 0 Å². The van der Waals surface area contributed by atoms with Gasteiger partial charge in [0.05, 0.1) is 11.7 Å². The Labute approximate surface area is 155 Å². The van der Waals surface area contributed by atoms with Gasteiger partial charge in [-0.25, -0.2) is 0 Å². The van der Waals surface area contributed by atoms with Crippen molar-refractivity contribution in [2.24, 2.45) is 0 Å². The summed E-state index contributed by atoms with van der Waals surface area (Å²) in [6, 6.07) is 10.7. The number of hydrogen-bond donors (Lipinski definition) is 0. The van der Waals surface area contributed by atoms with Gasteiger partial charge in [-0.15, -0.1) is 0 Å². The number of likely N-dealkylation sites (tertiary alicyclic amines) is 1. The molecule has 2 aromatic heterocycles. The first-order valence-corrected chi connectivity index (χ1v) is 9.02. The van der Waals surface area contributed by atoms with E-state index in [9.17, 15) is 4.79 Å².